The number of benzene rings is 1. The maximum Gasteiger partial charge on any atom is 0.330 e. The monoisotopic (exact) mass is 283 g/mol. The zero-order valence-electron chi connectivity index (χ0n) is 11.5. The highest BCUT2D eigenvalue weighted by Gasteiger charge is 2.22. The van der Waals surface area contributed by atoms with E-state index in [1.54, 1.807) is 6.92 Å². The summed E-state index contributed by atoms with van der Waals surface area (Å²) >= 11 is 0. The second-order valence-electron chi connectivity index (χ2n) is 4.29. The zero-order chi connectivity index (χ0) is 15.1. The predicted octanol–water partition coefficient (Wildman–Crippen LogP) is 1.80. The van der Waals surface area contributed by atoms with E-state index in [9.17, 15) is 14.0 Å². The summed E-state index contributed by atoms with van der Waals surface area (Å²) < 4.78 is 18.2. The molecular formula is C14H18FNO4. The van der Waals surface area contributed by atoms with E-state index in [0.29, 0.717) is 17.7 Å². The molecule has 1 atom stereocenters. The van der Waals surface area contributed by atoms with Crippen LogP contribution in [0, 0.1) is 12.7 Å². The zero-order valence-corrected chi connectivity index (χ0v) is 11.5. The lowest BCUT2D eigenvalue weighted by Gasteiger charge is -2.15. The molecule has 20 heavy (non-hydrogen) atoms. The van der Waals surface area contributed by atoms with Crippen molar-refractivity contribution in [2.24, 2.45) is 0 Å². The van der Waals surface area contributed by atoms with Gasteiger partial charge in [0.1, 0.15) is 5.82 Å². The molecule has 1 aromatic carbocycles. The van der Waals surface area contributed by atoms with Crippen LogP contribution in [0.4, 0.5) is 4.39 Å². The van der Waals surface area contributed by atoms with Gasteiger partial charge in [-0.05, 0) is 31.0 Å². The molecule has 0 bridgehead atoms. The molecule has 1 unspecified atom stereocenters. The third kappa shape index (κ3) is 4.62. The summed E-state index contributed by atoms with van der Waals surface area (Å²) in [7, 11) is 0. The molecular weight excluding hydrogens is 265 g/mol. The van der Waals surface area contributed by atoms with Gasteiger partial charge in [0.05, 0.1) is 6.61 Å². The fraction of sp³-hybridized carbons (Fsp3) is 0.429. The van der Waals surface area contributed by atoms with Crippen LogP contribution in [0.15, 0.2) is 18.2 Å². The minimum absolute atomic E-state index is 0.0811. The van der Waals surface area contributed by atoms with Crippen molar-refractivity contribution in [3.63, 3.8) is 0 Å². The van der Waals surface area contributed by atoms with Gasteiger partial charge in [-0.2, -0.15) is 0 Å². The van der Waals surface area contributed by atoms with Crippen molar-refractivity contribution in [2.75, 3.05) is 13.2 Å². The molecule has 5 nitrogen and oxygen atoms in total. The second-order valence-corrected chi connectivity index (χ2v) is 4.29. The summed E-state index contributed by atoms with van der Waals surface area (Å²) in [4.78, 5) is 22.9. The molecule has 0 aliphatic carbocycles. The summed E-state index contributed by atoms with van der Waals surface area (Å²) in [6, 6.07) is 2.76. The Morgan fingerprint density at radius 1 is 1.45 bits per heavy atom. The van der Waals surface area contributed by atoms with E-state index in [1.807, 2.05) is 0 Å². The van der Waals surface area contributed by atoms with Gasteiger partial charge in [-0.3, -0.25) is 4.79 Å². The van der Waals surface area contributed by atoms with Crippen molar-refractivity contribution in [2.45, 2.75) is 26.3 Å². The topological polar surface area (TPSA) is 75.6 Å². The van der Waals surface area contributed by atoms with E-state index in [1.165, 1.54) is 25.1 Å². The second kappa shape index (κ2) is 7.59. The number of halogens is 1. The van der Waals surface area contributed by atoms with E-state index in [4.69, 9.17) is 9.84 Å². The Balaban J connectivity index is 2.76. The van der Waals surface area contributed by atoms with Crippen LogP contribution in [-0.2, 0) is 14.3 Å². The minimum atomic E-state index is -1.19. The summed E-state index contributed by atoms with van der Waals surface area (Å²) in [6.07, 6.45) is 0.0811. The van der Waals surface area contributed by atoms with Gasteiger partial charge < -0.3 is 15.2 Å². The molecule has 0 aliphatic rings. The molecule has 0 aliphatic heterocycles. The molecule has 2 N–H and O–H groups in total. The number of amides is 1. The molecule has 1 rings (SSSR count). The first kappa shape index (κ1) is 16.1. The van der Waals surface area contributed by atoms with Crippen molar-refractivity contribution in [1.82, 2.24) is 5.32 Å². The van der Waals surface area contributed by atoms with Crippen LogP contribution in [0.25, 0.3) is 0 Å². The molecule has 110 valence electrons. The van der Waals surface area contributed by atoms with Crippen LogP contribution >= 0.6 is 0 Å². The molecule has 0 saturated carbocycles. The fourth-order valence-electron chi connectivity index (χ4n) is 1.68. The van der Waals surface area contributed by atoms with Gasteiger partial charge >= 0.3 is 5.97 Å². The first-order chi connectivity index (χ1) is 9.45. The van der Waals surface area contributed by atoms with Crippen molar-refractivity contribution >= 4 is 11.9 Å². The van der Waals surface area contributed by atoms with Crippen molar-refractivity contribution in [3.05, 3.63) is 35.1 Å². The van der Waals surface area contributed by atoms with E-state index < -0.39 is 23.7 Å². The largest absolute Gasteiger partial charge is 0.479 e. The summed E-state index contributed by atoms with van der Waals surface area (Å²) in [5, 5.41) is 11.6. The minimum Gasteiger partial charge on any atom is -0.479 e. The average molecular weight is 283 g/mol. The number of carbonyl (C=O) groups excluding carboxylic acids is 1. The molecule has 0 heterocycles. The van der Waals surface area contributed by atoms with E-state index in [-0.39, 0.29) is 13.0 Å². The molecule has 0 aromatic heterocycles. The average Bonchev–Trinajstić information content (AvgIpc) is 2.39. The standard InChI is InChI=1S/C14H18FNO4/c1-3-20-7-6-12(17)16-13(14(18)19)10-4-5-11(15)9(2)8-10/h4-5,8,13H,3,6-7H2,1-2H3,(H,16,17)(H,18,19). The number of hydrogen-bond donors (Lipinski definition) is 2. The van der Waals surface area contributed by atoms with Gasteiger partial charge in [0.15, 0.2) is 6.04 Å². The third-order valence-electron chi connectivity index (χ3n) is 2.75. The summed E-state index contributed by atoms with van der Waals surface area (Å²) in [5.74, 6) is -2.03. The number of aryl methyl sites for hydroxylation is 1. The summed E-state index contributed by atoms with van der Waals surface area (Å²) in [5.41, 5.74) is 0.665. The number of aliphatic carboxylic acids is 1. The van der Waals surface area contributed by atoms with Crippen molar-refractivity contribution in [1.29, 1.82) is 0 Å². The van der Waals surface area contributed by atoms with Crippen molar-refractivity contribution in [3.8, 4) is 0 Å². The van der Waals surface area contributed by atoms with E-state index >= 15 is 0 Å². The number of hydrogen-bond acceptors (Lipinski definition) is 3. The van der Waals surface area contributed by atoms with Crippen molar-refractivity contribution < 1.29 is 23.8 Å². The quantitative estimate of drug-likeness (QED) is 0.748. The van der Waals surface area contributed by atoms with Crippen LogP contribution < -0.4 is 5.32 Å². The summed E-state index contributed by atoms with van der Waals surface area (Å²) in [6.45, 7) is 4.07. The fourth-order valence-corrected chi connectivity index (χ4v) is 1.68. The van der Waals surface area contributed by atoms with Crippen LogP contribution in [0.1, 0.15) is 30.5 Å². The van der Waals surface area contributed by atoms with Gasteiger partial charge in [-0.25, -0.2) is 9.18 Å². The molecule has 1 aromatic rings. The van der Waals surface area contributed by atoms with Gasteiger partial charge in [-0.1, -0.05) is 12.1 Å². The Bertz CT molecular complexity index is 490. The Labute approximate surface area is 116 Å². The smallest absolute Gasteiger partial charge is 0.330 e. The Kier molecular flexibility index (Phi) is 6.11. The van der Waals surface area contributed by atoms with Crippen LogP contribution in [-0.4, -0.2) is 30.2 Å². The SMILES string of the molecule is CCOCCC(=O)NC(C(=O)O)c1ccc(F)c(C)c1. The lowest BCUT2D eigenvalue weighted by molar-refractivity contribution is -0.142. The van der Waals surface area contributed by atoms with Gasteiger partial charge in [0.25, 0.3) is 0 Å². The number of nitrogens with one attached hydrogen (secondary N) is 1. The van der Waals surface area contributed by atoms with Gasteiger partial charge in [0, 0.05) is 13.0 Å². The first-order valence-electron chi connectivity index (χ1n) is 6.31. The lowest BCUT2D eigenvalue weighted by atomic mass is 10.0. The van der Waals surface area contributed by atoms with Crippen LogP contribution in [0.5, 0.6) is 0 Å². The molecule has 6 heteroatoms. The first-order valence-corrected chi connectivity index (χ1v) is 6.31. The molecule has 0 radical (unpaired) electrons. The molecule has 0 spiro atoms. The Morgan fingerprint density at radius 3 is 2.70 bits per heavy atom. The maximum absolute atomic E-state index is 13.2. The van der Waals surface area contributed by atoms with Crippen LogP contribution in [0.3, 0.4) is 0 Å². The van der Waals surface area contributed by atoms with Gasteiger partial charge in [-0.15, -0.1) is 0 Å². The normalized spacial score (nSPS) is 11.9. The highest BCUT2D eigenvalue weighted by Crippen LogP contribution is 2.17. The highest BCUT2D eigenvalue weighted by molar-refractivity contribution is 5.84. The van der Waals surface area contributed by atoms with Gasteiger partial charge in [0.2, 0.25) is 5.91 Å². The van der Waals surface area contributed by atoms with Crippen LogP contribution in [0.2, 0.25) is 0 Å². The van der Waals surface area contributed by atoms with E-state index in [2.05, 4.69) is 5.32 Å². The highest BCUT2D eigenvalue weighted by atomic mass is 19.1. The number of ether oxygens (including phenoxy) is 1. The maximum atomic E-state index is 13.2. The number of carboxylic acid groups (broad SMARTS) is 1. The molecule has 0 saturated heterocycles. The molecule has 1 amide bonds. The third-order valence-corrected chi connectivity index (χ3v) is 2.75. The number of rotatable bonds is 7. The lowest BCUT2D eigenvalue weighted by Crippen LogP contribution is -2.34. The molecule has 0 fully saturated rings. The Hall–Kier alpha value is -1.95. The van der Waals surface area contributed by atoms with E-state index in [0.717, 1.165) is 0 Å². The predicted molar refractivity (Wildman–Crippen MR) is 70.8 cm³/mol. The number of carbonyl (C=O) groups is 2. The number of carboxylic acids is 1. The Morgan fingerprint density at radius 2 is 2.15 bits per heavy atom.